The molecule has 0 radical (unpaired) electrons. The zero-order valence-electron chi connectivity index (χ0n) is 12.2. The second kappa shape index (κ2) is 5.60. The first-order valence-corrected chi connectivity index (χ1v) is 7.44. The number of nitro groups is 1. The number of hydrogen-bond acceptors (Lipinski definition) is 3. The predicted octanol–water partition coefficient (Wildman–Crippen LogP) is 4.21. The highest BCUT2D eigenvalue weighted by Gasteiger charge is 2.32. The third kappa shape index (κ3) is 3.06. The van der Waals surface area contributed by atoms with Crippen molar-refractivity contribution in [3.8, 4) is 0 Å². The van der Waals surface area contributed by atoms with Gasteiger partial charge in [-0.15, -0.1) is 11.6 Å². The standard InChI is InChI=1S/C15H21ClN2O2/c1-15(2,3)12-6-7-17(10-12)13-4-5-14(18(19)20)11(8-13)9-16/h4-5,8,12H,6-7,9-10H2,1-3H3. The van der Waals surface area contributed by atoms with Crippen LogP contribution in [-0.2, 0) is 5.88 Å². The van der Waals surface area contributed by atoms with Gasteiger partial charge in [-0.1, -0.05) is 20.8 Å². The molecule has 0 aliphatic carbocycles. The Morgan fingerprint density at radius 2 is 2.15 bits per heavy atom. The average Bonchev–Trinajstić information content (AvgIpc) is 2.87. The molecule has 0 amide bonds. The molecule has 0 bridgehead atoms. The largest absolute Gasteiger partial charge is 0.371 e. The van der Waals surface area contributed by atoms with E-state index in [0.29, 0.717) is 16.9 Å². The Kier molecular flexibility index (Phi) is 4.23. The van der Waals surface area contributed by atoms with E-state index in [2.05, 4.69) is 25.7 Å². The van der Waals surface area contributed by atoms with E-state index in [1.54, 1.807) is 6.07 Å². The third-order valence-electron chi connectivity index (χ3n) is 4.18. The maximum Gasteiger partial charge on any atom is 0.273 e. The lowest BCUT2D eigenvalue weighted by Crippen LogP contribution is -2.25. The molecule has 1 aliphatic rings. The van der Waals surface area contributed by atoms with Crippen molar-refractivity contribution < 1.29 is 4.92 Å². The number of nitro benzene ring substituents is 1. The van der Waals surface area contributed by atoms with Gasteiger partial charge in [0.15, 0.2) is 0 Å². The second-order valence-electron chi connectivity index (χ2n) is 6.50. The topological polar surface area (TPSA) is 46.4 Å². The fourth-order valence-electron chi connectivity index (χ4n) is 2.76. The number of anilines is 1. The van der Waals surface area contributed by atoms with Crippen molar-refractivity contribution in [2.24, 2.45) is 11.3 Å². The molecule has 1 heterocycles. The van der Waals surface area contributed by atoms with E-state index in [-0.39, 0.29) is 16.5 Å². The Bertz CT molecular complexity index is 511. The molecule has 0 aromatic heterocycles. The van der Waals surface area contributed by atoms with Crippen molar-refractivity contribution in [1.29, 1.82) is 0 Å². The summed E-state index contributed by atoms with van der Waals surface area (Å²) in [7, 11) is 0. The van der Waals surface area contributed by atoms with Gasteiger partial charge in [0.2, 0.25) is 0 Å². The Morgan fingerprint density at radius 1 is 1.45 bits per heavy atom. The lowest BCUT2D eigenvalue weighted by Gasteiger charge is -2.27. The molecular formula is C15H21ClN2O2. The first-order chi connectivity index (χ1) is 9.32. The van der Waals surface area contributed by atoms with Gasteiger partial charge in [-0.25, -0.2) is 0 Å². The van der Waals surface area contributed by atoms with Crippen molar-refractivity contribution in [1.82, 2.24) is 0 Å². The first-order valence-electron chi connectivity index (χ1n) is 6.91. The summed E-state index contributed by atoms with van der Waals surface area (Å²) in [4.78, 5) is 12.9. The minimum Gasteiger partial charge on any atom is -0.371 e. The number of halogens is 1. The molecule has 1 unspecified atom stereocenters. The number of hydrogen-bond donors (Lipinski definition) is 0. The Balaban J connectivity index is 2.21. The average molecular weight is 297 g/mol. The normalized spacial score (nSPS) is 19.4. The molecule has 1 atom stereocenters. The van der Waals surface area contributed by atoms with Gasteiger partial charge in [-0.05, 0) is 29.9 Å². The molecule has 1 fully saturated rings. The van der Waals surface area contributed by atoms with Crippen molar-refractivity contribution in [2.75, 3.05) is 18.0 Å². The Hall–Kier alpha value is -1.29. The summed E-state index contributed by atoms with van der Waals surface area (Å²) in [6, 6.07) is 5.26. The van der Waals surface area contributed by atoms with Gasteiger partial charge in [0, 0.05) is 30.4 Å². The van der Waals surface area contributed by atoms with Gasteiger partial charge < -0.3 is 4.90 Å². The van der Waals surface area contributed by atoms with Gasteiger partial charge in [-0.2, -0.15) is 0 Å². The molecular weight excluding hydrogens is 276 g/mol. The van der Waals surface area contributed by atoms with Crippen LogP contribution >= 0.6 is 11.6 Å². The summed E-state index contributed by atoms with van der Waals surface area (Å²) < 4.78 is 0. The monoisotopic (exact) mass is 296 g/mol. The van der Waals surface area contributed by atoms with Crippen LogP contribution in [0.4, 0.5) is 11.4 Å². The molecule has 20 heavy (non-hydrogen) atoms. The van der Waals surface area contributed by atoms with Crippen LogP contribution in [0.1, 0.15) is 32.8 Å². The molecule has 1 aliphatic heterocycles. The Morgan fingerprint density at radius 3 is 2.65 bits per heavy atom. The molecule has 0 saturated carbocycles. The van der Waals surface area contributed by atoms with Crippen LogP contribution in [0.25, 0.3) is 0 Å². The van der Waals surface area contributed by atoms with Crippen molar-refractivity contribution in [3.63, 3.8) is 0 Å². The number of benzene rings is 1. The fraction of sp³-hybridized carbons (Fsp3) is 0.600. The van der Waals surface area contributed by atoms with Crippen molar-refractivity contribution >= 4 is 23.0 Å². The minimum absolute atomic E-state index is 0.107. The highest BCUT2D eigenvalue weighted by atomic mass is 35.5. The van der Waals surface area contributed by atoms with Gasteiger partial charge in [0.05, 0.1) is 10.8 Å². The summed E-state index contributed by atoms with van der Waals surface area (Å²) >= 11 is 5.83. The van der Waals surface area contributed by atoms with Crippen molar-refractivity contribution in [2.45, 2.75) is 33.1 Å². The van der Waals surface area contributed by atoms with Crippen LogP contribution in [0.5, 0.6) is 0 Å². The van der Waals surface area contributed by atoms with Gasteiger partial charge in [0.25, 0.3) is 5.69 Å². The molecule has 4 nitrogen and oxygen atoms in total. The lowest BCUT2D eigenvalue weighted by atomic mass is 9.80. The van der Waals surface area contributed by atoms with Gasteiger partial charge in [0.1, 0.15) is 0 Å². The second-order valence-corrected chi connectivity index (χ2v) is 6.77. The predicted molar refractivity (Wildman–Crippen MR) is 82.4 cm³/mol. The molecule has 110 valence electrons. The zero-order valence-corrected chi connectivity index (χ0v) is 13.0. The van der Waals surface area contributed by atoms with Gasteiger partial charge in [-0.3, -0.25) is 10.1 Å². The number of rotatable bonds is 3. The van der Waals surface area contributed by atoms with Crippen molar-refractivity contribution in [3.05, 3.63) is 33.9 Å². The fourth-order valence-corrected chi connectivity index (χ4v) is 2.97. The van der Waals surface area contributed by atoms with E-state index in [1.165, 1.54) is 0 Å². The van der Waals surface area contributed by atoms with E-state index >= 15 is 0 Å². The van der Waals surface area contributed by atoms with E-state index < -0.39 is 0 Å². The molecule has 0 N–H and O–H groups in total. The van der Waals surface area contributed by atoms with Crippen LogP contribution in [0.15, 0.2) is 18.2 Å². The molecule has 1 aromatic rings. The van der Waals surface area contributed by atoms with Gasteiger partial charge >= 0.3 is 0 Å². The maximum absolute atomic E-state index is 10.9. The number of nitrogens with zero attached hydrogens (tertiary/aromatic N) is 2. The lowest BCUT2D eigenvalue weighted by molar-refractivity contribution is -0.385. The SMILES string of the molecule is CC(C)(C)C1CCN(c2ccc([N+](=O)[O-])c(CCl)c2)C1. The first kappa shape index (κ1) is 15.1. The van der Waals surface area contributed by atoms with E-state index in [9.17, 15) is 10.1 Å². The van der Waals surface area contributed by atoms with Crippen LogP contribution < -0.4 is 4.90 Å². The highest BCUT2D eigenvalue weighted by Crippen LogP contribution is 2.36. The maximum atomic E-state index is 10.9. The molecule has 2 rings (SSSR count). The van der Waals surface area contributed by atoms with Crippen LogP contribution in [0.2, 0.25) is 0 Å². The quantitative estimate of drug-likeness (QED) is 0.477. The molecule has 1 saturated heterocycles. The van der Waals surface area contributed by atoms with E-state index in [1.807, 2.05) is 12.1 Å². The summed E-state index contributed by atoms with van der Waals surface area (Å²) in [5, 5.41) is 10.9. The summed E-state index contributed by atoms with van der Waals surface area (Å²) in [5.74, 6) is 0.817. The Labute approximate surface area is 124 Å². The molecule has 5 heteroatoms. The summed E-state index contributed by atoms with van der Waals surface area (Å²) in [6.07, 6.45) is 1.16. The third-order valence-corrected chi connectivity index (χ3v) is 4.47. The van der Waals surface area contributed by atoms with E-state index in [4.69, 9.17) is 11.6 Å². The molecule has 0 spiro atoms. The van der Waals surface area contributed by atoms with Crippen LogP contribution in [0.3, 0.4) is 0 Å². The summed E-state index contributed by atoms with van der Waals surface area (Å²) in [6.45, 7) is 8.80. The zero-order chi connectivity index (χ0) is 14.9. The summed E-state index contributed by atoms with van der Waals surface area (Å²) in [5.41, 5.74) is 2.03. The van der Waals surface area contributed by atoms with Crippen LogP contribution in [0, 0.1) is 21.4 Å². The number of alkyl halides is 1. The molecule has 1 aromatic carbocycles. The highest BCUT2D eigenvalue weighted by molar-refractivity contribution is 6.17. The van der Waals surface area contributed by atoms with Crippen LogP contribution in [-0.4, -0.2) is 18.0 Å². The van der Waals surface area contributed by atoms with E-state index in [0.717, 1.165) is 25.2 Å². The minimum atomic E-state index is -0.372. The smallest absolute Gasteiger partial charge is 0.273 e.